The summed E-state index contributed by atoms with van der Waals surface area (Å²) in [6.45, 7) is 7.13. The number of aryl methyl sites for hydroxylation is 1. The van der Waals surface area contributed by atoms with Gasteiger partial charge in [-0.15, -0.1) is 5.06 Å². The lowest BCUT2D eigenvalue weighted by atomic mass is 10.1. The second-order valence-corrected chi connectivity index (χ2v) is 5.72. The molecule has 0 fully saturated rings. The minimum atomic E-state index is -0.325. The quantitative estimate of drug-likeness (QED) is 0.579. The summed E-state index contributed by atoms with van der Waals surface area (Å²) in [7, 11) is 1.79. The lowest BCUT2D eigenvalue weighted by molar-refractivity contribution is -0.187. The van der Waals surface area contributed by atoms with E-state index in [0.29, 0.717) is 24.3 Å². The van der Waals surface area contributed by atoms with E-state index < -0.39 is 0 Å². The average Bonchev–Trinajstić information content (AvgIpc) is 2.93. The molecule has 0 saturated carbocycles. The number of ketones is 1. The van der Waals surface area contributed by atoms with E-state index in [2.05, 4.69) is 0 Å². The maximum atomic E-state index is 12.6. The highest BCUT2D eigenvalue weighted by Gasteiger charge is 2.17. The molecule has 5 heteroatoms. The fourth-order valence-corrected chi connectivity index (χ4v) is 2.49. The first kappa shape index (κ1) is 17.9. The summed E-state index contributed by atoms with van der Waals surface area (Å²) in [5, 5.41) is 1.60. The largest absolute Gasteiger partial charge is 0.368 e. The number of benzene rings is 1. The van der Waals surface area contributed by atoms with Gasteiger partial charge in [0, 0.05) is 31.4 Å². The first-order valence-electron chi connectivity index (χ1n) is 8.18. The Balaban J connectivity index is 2.12. The SMILES string of the molecule is CCN(CC)OC(=O)Cc1ccc(C(=O)c2ccc(C)cc2)n1C. The van der Waals surface area contributed by atoms with Crippen molar-refractivity contribution < 1.29 is 14.4 Å². The Labute approximate surface area is 142 Å². The third-order valence-electron chi connectivity index (χ3n) is 4.03. The summed E-state index contributed by atoms with van der Waals surface area (Å²) >= 11 is 0. The third-order valence-corrected chi connectivity index (χ3v) is 4.03. The maximum Gasteiger partial charge on any atom is 0.330 e. The number of nitrogens with zero attached hydrogens (tertiary/aromatic N) is 2. The van der Waals surface area contributed by atoms with Crippen molar-refractivity contribution in [3.05, 3.63) is 58.9 Å². The number of carbonyl (C=O) groups excluding carboxylic acids is 2. The van der Waals surface area contributed by atoms with Gasteiger partial charge in [-0.1, -0.05) is 29.8 Å². The van der Waals surface area contributed by atoms with Crippen LogP contribution in [0.5, 0.6) is 0 Å². The molecule has 0 aliphatic heterocycles. The van der Waals surface area contributed by atoms with Crippen molar-refractivity contribution in [1.82, 2.24) is 9.63 Å². The Hall–Kier alpha value is -2.40. The van der Waals surface area contributed by atoms with Crippen LogP contribution in [0.1, 0.15) is 41.2 Å². The molecule has 0 amide bonds. The van der Waals surface area contributed by atoms with Crippen molar-refractivity contribution >= 4 is 11.8 Å². The first-order chi connectivity index (χ1) is 11.5. The summed E-state index contributed by atoms with van der Waals surface area (Å²) in [5.41, 5.74) is 3.06. The molecule has 0 aliphatic carbocycles. The third kappa shape index (κ3) is 4.11. The molecular formula is C19H24N2O3. The zero-order chi connectivity index (χ0) is 17.7. The van der Waals surface area contributed by atoms with Crippen molar-refractivity contribution in [1.29, 1.82) is 0 Å². The van der Waals surface area contributed by atoms with Gasteiger partial charge in [-0.25, -0.2) is 4.79 Å². The van der Waals surface area contributed by atoms with Crippen LogP contribution in [0.2, 0.25) is 0 Å². The van der Waals surface area contributed by atoms with Gasteiger partial charge in [-0.3, -0.25) is 4.79 Å². The van der Waals surface area contributed by atoms with Crippen LogP contribution >= 0.6 is 0 Å². The van der Waals surface area contributed by atoms with E-state index >= 15 is 0 Å². The van der Waals surface area contributed by atoms with Crippen LogP contribution in [0, 0.1) is 6.92 Å². The number of carbonyl (C=O) groups is 2. The van der Waals surface area contributed by atoms with Gasteiger partial charge in [0.2, 0.25) is 5.78 Å². The van der Waals surface area contributed by atoms with Crippen LogP contribution in [-0.2, 0) is 23.1 Å². The van der Waals surface area contributed by atoms with Crippen molar-refractivity contribution in [3.8, 4) is 0 Å². The fourth-order valence-electron chi connectivity index (χ4n) is 2.49. The number of hydrogen-bond acceptors (Lipinski definition) is 4. The van der Waals surface area contributed by atoms with E-state index in [1.807, 2.05) is 45.0 Å². The highest BCUT2D eigenvalue weighted by atomic mass is 16.7. The summed E-state index contributed by atoms with van der Waals surface area (Å²) in [4.78, 5) is 29.9. The van der Waals surface area contributed by atoms with Crippen LogP contribution in [-0.4, -0.2) is 34.5 Å². The van der Waals surface area contributed by atoms with Crippen molar-refractivity contribution in [3.63, 3.8) is 0 Å². The molecule has 1 heterocycles. The van der Waals surface area contributed by atoms with E-state index in [1.54, 1.807) is 28.8 Å². The minimum absolute atomic E-state index is 0.0548. The predicted molar refractivity (Wildman–Crippen MR) is 92.7 cm³/mol. The number of hydroxylamine groups is 2. The monoisotopic (exact) mass is 328 g/mol. The Morgan fingerprint density at radius 3 is 2.25 bits per heavy atom. The molecule has 0 N–H and O–H groups in total. The van der Waals surface area contributed by atoms with Gasteiger partial charge in [0.25, 0.3) is 0 Å². The molecule has 2 rings (SSSR count). The Bertz CT molecular complexity index is 713. The Morgan fingerprint density at radius 1 is 1.04 bits per heavy atom. The normalized spacial score (nSPS) is 10.9. The number of hydrogen-bond donors (Lipinski definition) is 0. The van der Waals surface area contributed by atoms with Crippen molar-refractivity contribution in [2.75, 3.05) is 13.1 Å². The molecule has 0 bridgehead atoms. The molecule has 5 nitrogen and oxygen atoms in total. The topological polar surface area (TPSA) is 51.5 Å². The molecule has 0 spiro atoms. The zero-order valence-electron chi connectivity index (χ0n) is 14.7. The van der Waals surface area contributed by atoms with E-state index in [9.17, 15) is 9.59 Å². The Morgan fingerprint density at radius 2 is 1.67 bits per heavy atom. The average molecular weight is 328 g/mol. The van der Waals surface area contributed by atoms with Crippen LogP contribution in [0.3, 0.4) is 0 Å². The number of aromatic nitrogens is 1. The standard InChI is InChI=1S/C19H24N2O3/c1-5-21(6-2)24-18(22)13-16-11-12-17(20(16)4)19(23)15-9-7-14(3)8-10-15/h7-12H,5-6,13H2,1-4H3. The molecule has 1 aromatic heterocycles. The second kappa shape index (κ2) is 7.93. The summed E-state index contributed by atoms with van der Waals surface area (Å²) in [5.74, 6) is -0.380. The second-order valence-electron chi connectivity index (χ2n) is 5.72. The molecular weight excluding hydrogens is 304 g/mol. The van der Waals surface area contributed by atoms with E-state index in [0.717, 1.165) is 11.3 Å². The van der Waals surface area contributed by atoms with E-state index in [4.69, 9.17) is 4.84 Å². The van der Waals surface area contributed by atoms with Gasteiger partial charge in [0.05, 0.1) is 12.1 Å². The van der Waals surface area contributed by atoms with Gasteiger partial charge in [0.15, 0.2) is 0 Å². The van der Waals surface area contributed by atoms with Crippen molar-refractivity contribution in [2.24, 2.45) is 7.05 Å². The van der Waals surface area contributed by atoms with E-state index in [-0.39, 0.29) is 18.2 Å². The molecule has 0 atom stereocenters. The molecule has 1 aromatic carbocycles. The van der Waals surface area contributed by atoms with Gasteiger partial charge < -0.3 is 9.40 Å². The van der Waals surface area contributed by atoms with Crippen LogP contribution in [0.15, 0.2) is 36.4 Å². The van der Waals surface area contributed by atoms with Crippen LogP contribution in [0.25, 0.3) is 0 Å². The highest BCUT2D eigenvalue weighted by Crippen LogP contribution is 2.15. The maximum absolute atomic E-state index is 12.6. The molecule has 24 heavy (non-hydrogen) atoms. The highest BCUT2D eigenvalue weighted by molar-refractivity contribution is 6.08. The van der Waals surface area contributed by atoms with Crippen LogP contribution < -0.4 is 0 Å². The molecule has 0 aliphatic rings. The molecule has 128 valence electrons. The van der Waals surface area contributed by atoms with Gasteiger partial charge in [0.1, 0.15) is 0 Å². The zero-order valence-corrected chi connectivity index (χ0v) is 14.7. The predicted octanol–water partition coefficient (Wildman–Crippen LogP) is 2.91. The van der Waals surface area contributed by atoms with Gasteiger partial charge >= 0.3 is 5.97 Å². The lowest BCUT2D eigenvalue weighted by Gasteiger charge is -2.17. The van der Waals surface area contributed by atoms with E-state index in [1.165, 1.54) is 0 Å². The van der Waals surface area contributed by atoms with Crippen molar-refractivity contribution in [2.45, 2.75) is 27.2 Å². The first-order valence-corrected chi connectivity index (χ1v) is 8.18. The smallest absolute Gasteiger partial charge is 0.330 e. The Kier molecular flexibility index (Phi) is 5.93. The fraction of sp³-hybridized carbons (Fsp3) is 0.368. The number of rotatable bonds is 7. The summed E-state index contributed by atoms with van der Waals surface area (Å²) in [6.07, 6.45) is 0.133. The minimum Gasteiger partial charge on any atom is -0.368 e. The molecule has 2 aromatic rings. The van der Waals surface area contributed by atoms with Crippen LogP contribution in [0.4, 0.5) is 0 Å². The lowest BCUT2D eigenvalue weighted by Crippen LogP contribution is -2.28. The molecule has 0 unspecified atom stereocenters. The molecule has 0 radical (unpaired) electrons. The summed E-state index contributed by atoms with van der Waals surface area (Å²) in [6, 6.07) is 11.0. The van der Waals surface area contributed by atoms with Gasteiger partial charge in [-0.2, -0.15) is 0 Å². The van der Waals surface area contributed by atoms with Gasteiger partial charge in [-0.05, 0) is 32.9 Å². The summed E-state index contributed by atoms with van der Waals surface area (Å²) < 4.78 is 1.76. The molecule has 0 saturated heterocycles.